The molecule has 0 spiro atoms. The minimum Gasteiger partial charge on any atom is -0.369 e. The van der Waals surface area contributed by atoms with Gasteiger partial charge < -0.3 is 20.1 Å². The van der Waals surface area contributed by atoms with Gasteiger partial charge in [0.05, 0.1) is 12.5 Å². The van der Waals surface area contributed by atoms with E-state index in [0.29, 0.717) is 11.6 Å². The third-order valence-corrected chi connectivity index (χ3v) is 3.95. The van der Waals surface area contributed by atoms with E-state index in [0.717, 1.165) is 43.2 Å². The van der Waals surface area contributed by atoms with E-state index in [1.165, 1.54) is 0 Å². The molecule has 118 valence electrons. The number of nitrogens with zero attached hydrogens (tertiary/aromatic N) is 6. The minimum atomic E-state index is 0.501. The number of nitrogens with one attached hydrogen (secondary N) is 2. The van der Waals surface area contributed by atoms with Gasteiger partial charge in [0.25, 0.3) is 0 Å². The lowest BCUT2D eigenvalue weighted by atomic mass is 10.3. The predicted molar refractivity (Wildman–Crippen MR) is 88.9 cm³/mol. The number of rotatable bonds is 3. The molecule has 0 bridgehead atoms. The van der Waals surface area contributed by atoms with Crippen LogP contribution in [0.25, 0.3) is 11.2 Å². The third kappa shape index (κ3) is 2.80. The molecule has 0 aliphatic carbocycles. The van der Waals surface area contributed by atoms with Gasteiger partial charge in [-0.05, 0) is 6.07 Å². The lowest BCUT2D eigenvalue weighted by Gasteiger charge is -2.29. The van der Waals surface area contributed by atoms with Crippen LogP contribution in [0.5, 0.6) is 0 Å². The number of fused-ring (bicyclic) bond motifs is 1. The van der Waals surface area contributed by atoms with Crippen LogP contribution in [-0.2, 0) is 7.05 Å². The van der Waals surface area contributed by atoms with Crippen molar-refractivity contribution in [2.24, 2.45) is 7.05 Å². The summed E-state index contributed by atoms with van der Waals surface area (Å²) >= 11 is 0. The fraction of sp³-hybridized carbons (Fsp3) is 0.333. The molecule has 8 nitrogen and oxygen atoms in total. The number of aromatic nitrogens is 5. The maximum absolute atomic E-state index is 4.42. The number of imidazole rings is 1. The Labute approximate surface area is 133 Å². The topological polar surface area (TPSA) is 83.8 Å². The van der Waals surface area contributed by atoms with Crippen LogP contribution in [0.3, 0.4) is 0 Å². The molecule has 4 heterocycles. The minimum absolute atomic E-state index is 0.501. The summed E-state index contributed by atoms with van der Waals surface area (Å²) in [7, 11) is 1.92. The third-order valence-electron chi connectivity index (χ3n) is 3.95. The zero-order valence-corrected chi connectivity index (χ0v) is 12.9. The second-order valence-electron chi connectivity index (χ2n) is 5.52. The Kier molecular flexibility index (Phi) is 3.51. The van der Waals surface area contributed by atoms with E-state index in [9.17, 15) is 0 Å². The van der Waals surface area contributed by atoms with E-state index in [2.05, 4.69) is 35.5 Å². The summed E-state index contributed by atoms with van der Waals surface area (Å²) in [5.41, 5.74) is 2.73. The van der Waals surface area contributed by atoms with Crippen LogP contribution < -0.4 is 15.5 Å². The first kappa shape index (κ1) is 13.9. The van der Waals surface area contributed by atoms with Gasteiger partial charge in [-0.3, -0.25) is 0 Å². The molecule has 1 aliphatic heterocycles. The highest BCUT2D eigenvalue weighted by Gasteiger charge is 2.11. The molecule has 3 aromatic rings. The molecule has 4 rings (SSSR count). The first-order valence-electron chi connectivity index (χ1n) is 7.62. The molecule has 0 atom stereocenters. The van der Waals surface area contributed by atoms with E-state index in [1.807, 2.05) is 23.7 Å². The quantitative estimate of drug-likeness (QED) is 0.744. The number of aryl methyl sites for hydroxylation is 1. The first-order chi connectivity index (χ1) is 11.3. The van der Waals surface area contributed by atoms with Crippen molar-refractivity contribution in [2.45, 2.75) is 0 Å². The van der Waals surface area contributed by atoms with Crippen molar-refractivity contribution in [3.05, 3.63) is 30.9 Å². The van der Waals surface area contributed by atoms with Crippen molar-refractivity contribution in [3.8, 4) is 0 Å². The molecule has 2 N–H and O–H groups in total. The number of pyridine rings is 1. The van der Waals surface area contributed by atoms with Gasteiger partial charge >= 0.3 is 0 Å². The predicted octanol–water partition coefficient (Wildman–Crippen LogP) is 0.911. The van der Waals surface area contributed by atoms with Crippen molar-refractivity contribution in [1.29, 1.82) is 0 Å². The Bertz CT molecular complexity index is 821. The van der Waals surface area contributed by atoms with Crippen LogP contribution in [0.4, 0.5) is 17.5 Å². The Morgan fingerprint density at radius 3 is 2.91 bits per heavy atom. The summed E-state index contributed by atoms with van der Waals surface area (Å²) < 4.78 is 1.89. The van der Waals surface area contributed by atoms with Crippen LogP contribution in [0, 0.1) is 0 Å². The lowest BCUT2D eigenvalue weighted by molar-refractivity contribution is 0.589. The van der Waals surface area contributed by atoms with Crippen LogP contribution >= 0.6 is 0 Å². The first-order valence-corrected chi connectivity index (χ1v) is 7.62. The Morgan fingerprint density at radius 1 is 1.17 bits per heavy atom. The Balaban J connectivity index is 1.57. The summed E-state index contributed by atoms with van der Waals surface area (Å²) in [5, 5.41) is 6.52. The maximum atomic E-state index is 4.42. The fourth-order valence-electron chi connectivity index (χ4n) is 2.70. The molecule has 23 heavy (non-hydrogen) atoms. The lowest BCUT2D eigenvalue weighted by Crippen LogP contribution is -2.43. The van der Waals surface area contributed by atoms with E-state index < -0.39 is 0 Å². The largest absolute Gasteiger partial charge is 0.369 e. The van der Waals surface area contributed by atoms with Crippen molar-refractivity contribution in [2.75, 3.05) is 36.4 Å². The van der Waals surface area contributed by atoms with Crippen LogP contribution in [0.1, 0.15) is 0 Å². The molecular weight excluding hydrogens is 292 g/mol. The van der Waals surface area contributed by atoms with Gasteiger partial charge in [-0.2, -0.15) is 4.98 Å². The van der Waals surface area contributed by atoms with E-state index in [1.54, 1.807) is 18.7 Å². The smallest absolute Gasteiger partial charge is 0.230 e. The standard InChI is InChI=1S/C15H18N8/c1-22-10-19-14-12(22)9-18-15(21-14)20-13-8-11(2-3-17-13)23-6-4-16-5-7-23/h2-3,8-10,16H,4-7H2,1H3,(H,17,18,20,21). The Morgan fingerprint density at radius 2 is 2.04 bits per heavy atom. The van der Waals surface area contributed by atoms with Crippen LogP contribution in [0.15, 0.2) is 30.9 Å². The summed E-state index contributed by atoms with van der Waals surface area (Å²) in [4.78, 5) is 19.7. The van der Waals surface area contributed by atoms with E-state index >= 15 is 0 Å². The molecule has 1 aliphatic rings. The average molecular weight is 310 g/mol. The van der Waals surface area contributed by atoms with Crippen LogP contribution in [0.2, 0.25) is 0 Å². The molecule has 0 amide bonds. The highest BCUT2D eigenvalue weighted by Crippen LogP contribution is 2.20. The molecule has 1 saturated heterocycles. The molecule has 0 unspecified atom stereocenters. The highest BCUT2D eigenvalue weighted by molar-refractivity contribution is 5.71. The zero-order chi connectivity index (χ0) is 15.6. The second-order valence-corrected chi connectivity index (χ2v) is 5.52. The van der Waals surface area contributed by atoms with Gasteiger partial charge in [-0.1, -0.05) is 0 Å². The normalized spacial score (nSPS) is 15.1. The summed E-state index contributed by atoms with van der Waals surface area (Å²) in [6.45, 7) is 4.01. The van der Waals surface area contributed by atoms with Crippen molar-refractivity contribution >= 4 is 28.6 Å². The van der Waals surface area contributed by atoms with Gasteiger partial charge in [0.2, 0.25) is 5.95 Å². The van der Waals surface area contributed by atoms with Crippen LogP contribution in [-0.4, -0.2) is 50.7 Å². The van der Waals surface area contributed by atoms with Gasteiger partial charge in [0.15, 0.2) is 5.65 Å². The molecule has 8 heteroatoms. The molecule has 0 saturated carbocycles. The fourth-order valence-corrected chi connectivity index (χ4v) is 2.70. The number of anilines is 3. The number of piperazine rings is 1. The molecular formula is C15H18N8. The molecule has 0 aromatic carbocycles. The number of hydrogen-bond acceptors (Lipinski definition) is 7. The SMILES string of the molecule is Cn1cnc2nc(Nc3cc(N4CCNCC4)ccn3)ncc21. The molecule has 3 aromatic heterocycles. The van der Waals surface area contributed by atoms with Crippen molar-refractivity contribution < 1.29 is 0 Å². The molecule has 0 radical (unpaired) electrons. The number of hydrogen-bond donors (Lipinski definition) is 2. The summed E-state index contributed by atoms with van der Waals surface area (Å²) in [6, 6.07) is 4.05. The summed E-state index contributed by atoms with van der Waals surface area (Å²) in [6.07, 6.45) is 5.29. The van der Waals surface area contributed by atoms with Crippen molar-refractivity contribution in [1.82, 2.24) is 29.8 Å². The zero-order valence-electron chi connectivity index (χ0n) is 12.9. The Hall–Kier alpha value is -2.74. The van der Waals surface area contributed by atoms with E-state index in [-0.39, 0.29) is 0 Å². The monoisotopic (exact) mass is 310 g/mol. The van der Waals surface area contributed by atoms with Gasteiger partial charge in [-0.25, -0.2) is 15.0 Å². The summed E-state index contributed by atoms with van der Waals surface area (Å²) in [5.74, 6) is 1.23. The van der Waals surface area contributed by atoms with Gasteiger partial charge in [0, 0.05) is 51.2 Å². The second kappa shape index (κ2) is 5.81. The molecule has 1 fully saturated rings. The van der Waals surface area contributed by atoms with Crippen molar-refractivity contribution in [3.63, 3.8) is 0 Å². The highest BCUT2D eigenvalue weighted by atomic mass is 15.2. The van der Waals surface area contributed by atoms with E-state index in [4.69, 9.17) is 0 Å². The average Bonchev–Trinajstić information content (AvgIpc) is 2.97. The van der Waals surface area contributed by atoms with Gasteiger partial charge in [-0.15, -0.1) is 0 Å². The van der Waals surface area contributed by atoms with Gasteiger partial charge in [0.1, 0.15) is 11.3 Å². The maximum Gasteiger partial charge on any atom is 0.230 e.